The van der Waals surface area contributed by atoms with E-state index >= 15 is 0 Å². The fraction of sp³-hybridized carbons (Fsp3) is 0.926. The van der Waals surface area contributed by atoms with Gasteiger partial charge in [-0.15, -0.1) is 0 Å². The van der Waals surface area contributed by atoms with Crippen LogP contribution in [-0.2, 0) is 23.8 Å². The first-order valence-electron chi connectivity index (χ1n) is 13.6. The quantitative estimate of drug-likeness (QED) is 0.127. The van der Waals surface area contributed by atoms with Gasteiger partial charge >= 0.3 is 11.9 Å². The van der Waals surface area contributed by atoms with Crippen molar-refractivity contribution in [3.05, 3.63) is 0 Å². The second-order valence-electron chi connectivity index (χ2n) is 9.34. The molecule has 1 fully saturated rings. The van der Waals surface area contributed by atoms with E-state index in [-0.39, 0.29) is 30.9 Å². The number of carbonyl (C=O) groups is 2. The Hall–Kier alpha value is -1.10. The van der Waals surface area contributed by atoms with E-state index in [1.54, 1.807) is 0 Å². The van der Waals surface area contributed by atoms with Crippen molar-refractivity contribution < 1.29 is 23.8 Å². The zero-order valence-electron chi connectivity index (χ0n) is 20.9. The van der Waals surface area contributed by atoms with E-state index < -0.39 is 0 Å². The van der Waals surface area contributed by atoms with Crippen LogP contribution in [0, 0.1) is 0 Å². The summed E-state index contributed by atoms with van der Waals surface area (Å²) in [6.45, 7) is 3.87. The summed E-state index contributed by atoms with van der Waals surface area (Å²) in [5.41, 5.74) is 0. The summed E-state index contributed by atoms with van der Waals surface area (Å²) >= 11 is 0. The van der Waals surface area contributed by atoms with Crippen LogP contribution in [0.3, 0.4) is 0 Å². The molecule has 1 rings (SSSR count). The molecule has 1 aliphatic heterocycles. The minimum Gasteiger partial charge on any atom is -0.466 e. The summed E-state index contributed by atoms with van der Waals surface area (Å²) in [6, 6.07) is 0. The standard InChI is InChI=1S/C27H50O5/c1-2-3-4-5-6-7-8-9-10-11-12-13-14-15-16-22-31-26(28)20-17-21-27(29)32-24-25-19-18-23-30-25/h25H,2-24H2,1H3. The van der Waals surface area contributed by atoms with Gasteiger partial charge in [-0.3, -0.25) is 9.59 Å². The molecule has 1 aliphatic rings. The first-order chi connectivity index (χ1) is 15.7. The largest absolute Gasteiger partial charge is 0.466 e. The van der Waals surface area contributed by atoms with Crippen molar-refractivity contribution in [2.45, 2.75) is 141 Å². The molecule has 0 spiro atoms. The van der Waals surface area contributed by atoms with Gasteiger partial charge in [-0.2, -0.15) is 0 Å². The van der Waals surface area contributed by atoms with Crippen molar-refractivity contribution in [1.82, 2.24) is 0 Å². The molecular weight excluding hydrogens is 404 g/mol. The maximum Gasteiger partial charge on any atom is 0.305 e. The van der Waals surface area contributed by atoms with Crippen LogP contribution in [0.15, 0.2) is 0 Å². The van der Waals surface area contributed by atoms with E-state index in [9.17, 15) is 9.59 Å². The number of esters is 2. The Bertz CT molecular complexity index is 445. The molecule has 1 unspecified atom stereocenters. The smallest absolute Gasteiger partial charge is 0.305 e. The molecule has 5 heteroatoms. The van der Waals surface area contributed by atoms with Crippen LogP contribution in [0.5, 0.6) is 0 Å². The molecular formula is C27H50O5. The lowest BCUT2D eigenvalue weighted by Crippen LogP contribution is -2.17. The van der Waals surface area contributed by atoms with Gasteiger partial charge in [0, 0.05) is 19.4 Å². The Morgan fingerprint density at radius 2 is 1.19 bits per heavy atom. The van der Waals surface area contributed by atoms with E-state index in [1.165, 1.54) is 83.5 Å². The minimum absolute atomic E-state index is 0.0545. The Labute approximate surface area is 197 Å². The van der Waals surface area contributed by atoms with Gasteiger partial charge in [0.2, 0.25) is 0 Å². The summed E-state index contributed by atoms with van der Waals surface area (Å²) in [4.78, 5) is 23.4. The van der Waals surface area contributed by atoms with Gasteiger partial charge in [0.15, 0.2) is 0 Å². The van der Waals surface area contributed by atoms with Gasteiger partial charge in [0.05, 0.1) is 12.7 Å². The van der Waals surface area contributed by atoms with Gasteiger partial charge in [0.25, 0.3) is 0 Å². The van der Waals surface area contributed by atoms with Crippen LogP contribution in [0.1, 0.15) is 135 Å². The summed E-state index contributed by atoms with van der Waals surface area (Å²) < 4.78 is 15.9. The highest BCUT2D eigenvalue weighted by Crippen LogP contribution is 2.14. The minimum atomic E-state index is -0.254. The Balaban J connectivity index is 1.74. The molecule has 0 aromatic carbocycles. The number of unbranched alkanes of at least 4 members (excludes halogenated alkanes) is 14. The summed E-state index contributed by atoms with van der Waals surface area (Å²) in [5, 5.41) is 0. The van der Waals surface area contributed by atoms with Crippen LogP contribution in [0.2, 0.25) is 0 Å². The zero-order chi connectivity index (χ0) is 23.1. The second kappa shape index (κ2) is 21.7. The summed E-state index contributed by atoms with van der Waals surface area (Å²) in [5.74, 6) is -0.460. The predicted molar refractivity (Wildman–Crippen MR) is 130 cm³/mol. The van der Waals surface area contributed by atoms with Crippen LogP contribution >= 0.6 is 0 Å². The van der Waals surface area contributed by atoms with Crippen molar-refractivity contribution in [3.63, 3.8) is 0 Å². The molecule has 0 aromatic rings. The van der Waals surface area contributed by atoms with Gasteiger partial charge in [-0.25, -0.2) is 0 Å². The van der Waals surface area contributed by atoms with E-state index in [4.69, 9.17) is 14.2 Å². The number of hydrogen-bond acceptors (Lipinski definition) is 5. The highest BCUT2D eigenvalue weighted by atomic mass is 16.6. The molecule has 0 aromatic heterocycles. The molecule has 5 nitrogen and oxygen atoms in total. The highest BCUT2D eigenvalue weighted by molar-refractivity contribution is 5.72. The second-order valence-corrected chi connectivity index (χ2v) is 9.34. The lowest BCUT2D eigenvalue weighted by Gasteiger charge is -2.10. The molecule has 0 radical (unpaired) electrons. The maximum absolute atomic E-state index is 11.7. The Morgan fingerprint density at radius 3 is 1.69 bits per heavy atom. The number of ether oxygens (including phenoxy) is 3. The predicted octanol–water partition coefficient (Wildman–Crippen LogP) is 7.29. The van der Waals surface area contributed by atoms with E-state index in [1.807, 2.05) is 0 Å². The van der Waals surface area contributed by atoms with E-state index in [0.29, 0.717) is 19.6 Å². The fourth-order valence-corrected chi connectivity index (χ4v) is 4.14. The molecule has 188 valence electrons. The summed E-state index contributed by atoms with van der Waals surface area (Å²) in [7, 11) is 0. The van der Waals surface area contributed by atoms with Crippen molar-refractivity contribution in [2.75, 3.05) is 19.8 Å². The van der Waals surface area contributed by atoms with Crippen LogP contribution in [-0.4, -0.2) is 37.9 Å². The van der Waals surface area contributed by atoms with E-state index in [0.717, 1.165) is 32.3 Å². The van der Waals surface area contributed by atoms with Crippen LogP contribution in [0.25, 0.3) is 0 Å². The van der Waals surface area contributed by atoms with Gasteiger partial charge < -0.3 is 14.2 Å². The maximum atomic E-state index is 11.7. The van der Waals surface area contributed by atoms with Gasteiger partial charge in [-0.05, 0) is 25.7 Å². The normalized spacial score (nSPS) is 15.7. The average molecular weight is 455 g/mol. The lowest BCUT2D eigenvalue weighted by molar-refractivity contribution is -0.147. The summed E-state index contributed by atoms with van der Waals surface area (Å²) in [6.07, 6.45) is 23.0. The van der Waals surface area contributed by atoms with Crippen molar-refractivity contribution >= 4 is 11.9 Å². The average Bonchev–Trinajstić information content (AvgIpc) is 3.31. The number of hydrogen-bond donors (Lipinski definition) is 0. The van der Waals surface area contributed by atoms with Gasteiger partial charge in [-0.1, -0.05) is 96.8 Å². The molecule has 1 saturated heterocycles. The van der Waals surface area contributed by atoms with Crippen molar-refractivity contribution in [2.24, 2.45) is 0 Å². The lowest BCUT2D eigenvalue weighted by atomic mass is 10.0. The Kier molecular flexibility index (Phi) is 19.6. The number of carbonyl (C=O) groups excluding carboxylic acids is 2. The fourth-order valence-electron chi connectivity index (χ4n) is 4.14. The molecule has 0 aliphatic carbocycles. The van der Waals surface area contributed by atoms with Gasteiger partial charge in [0.1, 0.15) is 6.61 Å². The highest BCUT2D eigenvalue weighted by Gasteiger charge is 2.17. The SMILES string of the molecule is CCCCCCCCCCCCCCCCCOC(=O)CCCC(=O)OCC1CCCO1. The Morgan fingerprint density at radius 1 is 0.688 bits per heavy atom. The van der Waals surface area contributed by atoms with Crippen LogP contribution < -0.4 is 0 Å². The molecule has 1 heterocycles. The third-order valence-electron chi connectivity index (χ3n) is 6.23. The van der Waals surface area contributed by atoms with E-state index in [2.05, 4.69) is 6.92 Å². The first kappa shape index (κ1) is 28.9. The third-order valence-corrected chi connectivity index (χ3v) is 6.23. The molecule has 0 N–H and O–H groups in total. The van der Waals surface area contributed by atoms with Crippen molar-refractivity contribution in [1.29, 1.82) is 0 Å². The monoisotopic (exact) mass is 454 g/mol. The van der Waals surface area contributed by atoms with Crippen LogP contribution in [0.4, 0.5) is 0 Å². The van der Waals surface area contributed by atoms with Crippen molar-refractivity contribution in [3.8, 4) is 0 Å². The molecule has 0 bridgehead atoms. The third kappa shape index (κ3) is 18.5. The molecule has 0 saturated carbocycles. The molecule has 32 heavy (non-hydrogen) atoms. The zero-order valence-corrected chi connectivity index (χ0v) is 20.9. The molecule has 1 atom stereocenters. The number of rotatable bonds is 22. The first-order valence-corrected chi connectivity index (χ1v) is 13.6. The topological polar surface area (TPSA) is 61.8 Å². The molecule has 0 amide bonds.